The molecule has 1 aromatic rings. The van der Waals surface area contributed by atoms with Crippen LogP contribution in [0.3, 0.4) is 0 Å². The van der Waals surface area contributed by atoms with Crippen LogP contribution in [0, 0.1) is 0 Å². The van der Waals surface area contributed by atoms with Crippen LogP contribution >= 0.6 is 0 Å². The van der Waals surface area contributed by atoms with E-state index in [-0.39, 0.29) is 0 Å². The molecule has 0 aromatic carbocycles. The third-order valence-corrected chi connectivity index (χ3v) is 2.89. The van der Waals surface area contributed by atoms with Crippen molar-refractivity contribution in [2.75, 3.05) is 18.0 Å². The van der Waals surface area contributed by atoms with Crippen molar-refractivity contribution in [1.29, 1.82) is 0 Å². The highest BCUT2D eigenvalue weighted by Gasteiger charge is 2.30. The number of aromatic nitrogens is 3. The van der Waals surface area contributed by atoms with Crippen LogP contribution in [0.1, 0.15) is 38.6 Å². The minimum Gasteiger partial charge on any atom is -0.341 e. The maximum atomic E-state index is 5.67. The minimum atomic E-state index is 0.477. The summed E-state index contributed by atoms with van der Waals surface area (Å²) in [7, 11) is 0. The van der Waals surface area contributed by atoms with Gasteiger partial charge in [0.15, 0.2) is 0 Å². The zero-order valence-corrected chi connectivity index (χ0v) is 9.48. The van der Waals surface area contributed by atoms with Gasteiger partial charge in [-0.1, -0.05) is 0 Å². The Bertz CT molecular complexity index is 325. The summed E-state index contributed by atoms with van der Waals surface area (Å²) >= 11 is 0. The summed E-state index contributed by atoms with van der Waals surface area (Å²) in [5.41, 5.74) is 5.67. The van der Waals surface area contributed by atoms with Gasteiger partial charge in [0, 0.05) is 19.1 Å². The topological polar surface area (TPSA) is 60.0 Å². The van der Waals surface area contributed by atoms with Gasteiger partial charge in [-0.2, -0.15) is 0 Å². The van der Waals surface area contributed by atoms with Gasteiger partial charge in [-0.3, -0.25) is 4.57 Å². The molecule has 5 nitrogen and oxygen atoms in total. The van der Waals surface area contributed by atoms with Gasteiger partial charge < -0.3 is 10.6 Å². The molecule has 1 saturated carbocycles. The Kier molecular flexibility index (Phi) is 2.90. The van der Waals surface area contributed by atoms with Crippen LogP contribution in [0.4, 0.5) is 5.95 Å². The number of anilines is 1. The fourth-order valence-electron chi connectivity index (χ4n) is 1.88. The molecule has 2 N–H and O–H groups in total. The Morgan fingerprint density at radius 2 is 2.00 bits per heavy atom. The molecular formula is C10H19N5. The maximum absolute atomic E-state index is 5.67. The minimum absolute atomic E-state index is 0.477. The Morgan fingerprint density at radius 1 is 1.33 bits per heavy atom. The lowest BCUT2D eigenvalue weighted by molar-refractivity contribution is 0.660. The molecule has 1 aliphatic rings. The highest BCUT2D eigenvalue weighted by Crippen LogP contribution is 2.38. The number of rotatable bonds is 5. The van der Waals surface area contributed by atoms with Gasteiger partial charge >= 0.3 is 0 Å². The zero-order valence-electron chi connectivity index (χ0n) is 9.48. The normalized spacial score (nSPS) is 15.7. The van der Waals surface area contributed by atoms with E-state index in [2.05, 4.69) is 33.5 Å². The third-order valence-electron chi connectivity index (χ3n) is 2.89. The van der Waals surface area contributed by atoms with Gasteiger partial charge in [0.25, 0.3) is 0 Å². The van der Waals surface area contributed by atoms with Crippen LogP contribution in [-0.4, -0.2) is 27.9 Å². The van der Waals surface area contributed by atoms with Crippen LogP contribution in [0.5, 0.6) is 0 Å². The monoisotopic (exact) mass is 209 g/mol. The molecule has 5 heteroatoms. The van der Waals surface area contributed by atoms with Crippen LogP contribution < -0.4 is 10.6 Å². The van der Waals surface area contributed by atoms with Gasteiger partial charge in [-0.25, -0.2) is 0 Å². The van der Waals surface area contributed by atoms with Crippen LogP contribution in [-0.2, 0) is 6.54 Å². The molecule has 15 heavy (non-hydrogen) atoms. The first-order valence-electron chi connectivity index (χ1n) is 5.70. The first kappa shape index (κ1) is 10.4. The van der Waals surface area contributed by atoms with Crippen molar-refractivity contribution in [3.8, 4) is 0 Å². The smallest absolute Gasteiger partial charge is 0.227 e. The number of hydrogen-bond acceptors (Lipinski definition) is 4. The van der Waals surface area contributed by atoms with Crippen molar-refractivity contribution in [3.63, 3.8) is 0 Å². The SMILES string of the molecule is CCN(CC)c1nnc(CN)n1C1CC1. The largest absolute Gasteiger partial charge is 0.341 e. The van der Waals surface area contributed by atoms with Crippen molar-refractivity contribution in [1.82, 2.24) is 14.8 Å². The Labute approximate surface area is 90.3 Å². The Balaban J connectivity index is 2.32. The molecule has 2 rings (SSSR count). The molecule has 0 atom stereocenters. The highest BCUT2D eigenvalue weighted by atomic mass is 15.4. The van der Waals surface area contributed by atoms with Crippen molar-refractivity contribution >= 4 is 5.95 Å². The summed E-state index contributed by atoms with van der Waals surface area (Å²) in [6.45, 7) is 6.68. The predicted octanol–water partition coefficient (Wildman–Crippen LogP) is 0.918. The quantitative estimate of drug-likeness (QED) is 0.783. The van der Waals surface area contributed by atoms with E-state index in [9.17, 15) is 0 Å². The number of nitrogens with two attached hydrogens (primary N) is 1. The second-order valence-corrected chi connectivity index (χ2v) is 3.89. The molecule has 1 aromatic heterocycles. The van der Waals surface area contributed by atoms with E-state index in [4.69, 9.17) is 5.73 Å². The first-order valence-corrected chi connectivity index (χ1v) is 5.70. The standard InChI is InChI=1S/C10H19N5/c1-3-14(4-2)10-13-12-9(7-11)15(10)8-5-6-8/h8H,3-7,11H2,1-2H3. The lowest BCUT2D eigenvalue weighted by Crippen LogP contribution is -2.26. The molecule has 0 amide bonds. The summed E-state index contributed by atoms with van der Waals surface area (Å²) in [5, 5.41) is 8.41. The molecule has 0 unspecified atom stereocenters. The molecule has 0 saturated heterocycles. The average Bonchev–Trinajstić information content (AvgIpc) is 3.01. The third kappa shape index (κ3) is 1.84. The summed E-state index contributed by atoms with van der Waals surface area (Å²) in [6.07, 6.45) is 2.47. The second kappa shape index (κ2) is 4.18. The fourth-order valence-corrected chi connectivity index (χ4v) is 1.88. The van der Waals surface area contributed by atoms with E-state index in [0.717, 1.165) is 24.9 Å². The number of nitrogens with zero attached hydrogens (tertiary/aromatic N) is 4. The van der Waals surface area contributed by atoms with Gasteiger partial charge in [-0.15, -0.1) is 10.2 Å². The molecule has 84 valence electrons. The molecule has 1 heterocycles. The summed E-state index contributed by atoms with van der Waals surface area (Å²) in [4.78, 5) is 2.23. The first-order chi connectivity index (χ1) is 7.31. The summed E-state index contributed by atoms with van der Waals surface area (Å²) < 4.78 is 2.22. The second-order valence-electron chi connectivity index (χ2n) is 3.89. The van der Waals surface area contributed by atoms with E-state index in [0.29, 0.717) is 12.6 Å². The zero-order chi connectivity index (χ0) is 10.8. The Hall–Kier alpha value is -1.10. The Morgan fingerprint density at radius 3 is 2.47 bits per heavy atom. The molecule has 1 fully saturated rings. The molecule has 0 aliphatic heterocycles. The molecule has 1 aliphatic carbocycles. The van der Waals surface area contributed by atoms with E-state index in [1.807, 2.05) is 0 Å². The van der Waals surface area contributed by atoms with Gasteiger partial charge in [0.05, 0.1) is 6.54 Å². The van der Waals surface area contributed by atoms with Crippen molar-refractivity contribution in [2.24, 2.45) is 5.73 Å². The van der Waals surface area contributed by atoms with E-state index >= 15 is 0 Å². The van der Waals surface area contributed by atoms with Crippen molar-refractivity contribution < 1.29 is 0 Å². The molecule has 0 radical (unpaired) electrons. The predicted molar refractivity (Wildman–Crippen MR) is 59.7 cm³/mol. The lowest BCUT2D eigenvalue weighted by Gasteiger charge is -2.20. The van der Waals surface area contributed by atoms with Gasteiger partial charge in [-0.05, 0) is 26.7 Å². The maximum Gasteiger partial charge on any atom is 0.227 e. The molecule has 0 bridgehead atoms. The van der Waals surface area contributed by atoms with E-state index in [1.165, 1.54) is 12.8 Å². The van der Waals surface area contributed by atoms with Crippen molar-refractivity contribution in [3.05, 3.63) is 5.82 Å². The van der Waals surface area contributed by atoms with Gasteiger partial charge in [0.1, 0.15) is 5.82 Å². The van der Waals surface area contributed by atoms with Crippen LogP contribution in [0.25, 0.3) is 0 Å². The molecular weight excluding hydrogens is 190 g/mol. The summed E-state index contributed by atoms with van der Waals surface area (Å²) in [5.74, 6) is 1.90. The van der Waals surface area contributed by atoms with Crippen LogP contribution in [0.2, 0.25) is 0 Å². The highest BCUT2D eigenvalue weighted by molar-refractivity contribution is 5.32. The van der Waals surface area contributed by atoms with E-state index < -0.39 is 0 Å². The number of hydrogen-bond donors (Lipinski definition) is 1. The fraction of sp³-hybridized carbons (Fsp3) is 0.800. The lowest BCUT2D eigenvalue weighted by atomic mass is 10.5. The molecule has 0 spiro atoms. The van der Waals surface area contributed by atoms with Crippen LogP contribution in [0.15, 0.2) is 0 Å². The van der Waals surface area contributed by atoms with Crippen molar-refractivity contribution in [2.45, 2.75) is 39.3 Å². The average molecular weight is 209 g/mol. The van der Waals surface area contributed by atoms with E-state index in [1.54, 1.807) is 0 Å². The summed E-state index contributed by atoms with van der Waals surface area (Å²) in [6, 6.07) is 0.592. The van der Waals surface area contributed by atoms with Gasteiger partial charge in [0.2, 0.25) is 5.95 Å².